The normalized spacial score (nSPS) is 13.0. The molecule has 0 bridgehead atoms. The lowest BCUT2D eigenvalue weighted by Crippen LogP contribution is -2.34. The number of furan rings is 1. The molecule has 0 saturated carbocycles. The lowest BCUT2D eigenvalue weighted by molar-refractivity contribution is -0.211. The van der Waals surface area contributed by atoms with Crippen molar-refractivity contribution >= 4 is 53.4 Å². The monoisotopic (exact) mass is 517 g/mol. The number of alkyl halides is 3. The van der Waals surface area contributed by atoms with Gasteiger partial charge in [0.25, 0.3) is 0 Å². The summed E-state index contributed by atoms with van der Waals surface area (Å²) in [6.45, 7) is 8.75. The number of benzene rings is 3. The van der Waals surface area contributed by atoms with Crippen LogP contribution in [0.1, 0.15) is 36.1 Å². The van der Waals surface area contributed by atoms with Crippen LogP contribution in [0.3, 0.4) is 0 Å². The molecule has 188 valence electrons. The van der Waals surface area contributed by atoms with Gasteiger partial charge in [-0.3, -0.25) is 4.98 Å². The van der Waals surface area contributed by atoms with Crippen LogP contribution in [0.4, 0.5) is 13.2 Å². The maximum atomic E-state index is 13.5. The number of aryl methyl sites for hydroxylation is 3. The van der Waals surface area contributed by atoms with E-state index in [1.54, 1.807) is 17.5 Å². The second kappa shape index (κ2) is 8.06. The standard InChI is InChI=1S/C31H26F3NOS/c1-16-10-18(3)26-22-11-17(2)12-23(28(22)36-24(26)13-16)27-29-21(8-9-35-27)20-7-6-19(14-25(20)37-29)15-30(4,5)31(32,33)34/h6-14H,15H2,1-5H3. The molecule has 0 radical (unpaired) electrons. The summed E-state index contributed by atoms with van der Waals surface area (Å²) in [5.41, 5.74) is 5.74. The van der Waals surface area contributed by atoms with Crippen LogP contribution in [0.5, 0.6) is 0 Å². The summed E-state index contributed by atoms with van der Waals surface area (Å²) < 4.78 is 48.9. The molecular formula is C31H26F3NOS. The van der Waals surface area contributed by atoms with Crippen molar-refractivity contribution in [2.45, 2.75) is 47.2 Å². The number of aromatic nitrogens is 1. The summed E-state index contributed by atoms with van der Waals surface area (Å²) in [5, 5.41) is 4.26. The Bertz CT molecular complexity index is 1860. The van der Waals surface area contributed by atoms with E-state index in [0.717, 1.165) is 64.5 Å². The molecule has 3 aromatic heterocycles. The fraction of sp³-hybridized carbons (Fsp3) is 0.258. The Labute approximate surface area is 216 Å². The highest BCUT2D eigenvalue weighted by Crippen LogP contribution is 2.45. The minimum Gasteiger partial charge on any atom is -0.455 e. The fourth-order valence-electron chi connectivity index (χ4n) is 5.37. The van der Waals surface area contributed by atoms with Gasteiger partial charge < -0.3 is 4.42 Å². The van der Waals surface area contributed by atoms with E-state index in [9.17, 15) is 13.2 Å². The summed E-state index contributed by atoms with van der Waals surface area (Å²) in [6, 6.07) is 16.1. The van der Waals surface area contributed by atoms with Crippen LogP contribution in [0, 0.1) is 26.2 Å². The first-order chi connectivity index (χ1) is 17.4. The van der Waals surface area contributed by atoms with E-state index in [4.69, 9.17) is 9.40 Å². The molecule has 6 rings (SSSR count). The van der Waals surface area contributed by atoms with Crippen LogP contribution >= 0.6 is 11.3 Å². The van der Waals surface area contributed by atoms with Gasteiger partial charge >= 0.3 is 6.18 Å². The summed E-state index contributed by atoms with van der Waals surface area (Å²) in [5.74, 6) is 0. The highest BCUT2D eigenvalue weighted by molar-refractivity contribution is 7.26. The number of rotatable bonds is 3. The Morgan fingerprint density at radius 1 is 0.865 bits per heavy atom. The van der Waals surface area contributed by atoms with Crippen LogP contribution in [-0.4, -0.2) is 11.2 Å². The van der Waals surface area contributed by atoms with Crippen LogP contribution in [0.15, 0.2) is 59.1 Å². The predicted molar refractivity (Wildman–Crippen MR) is 148 cm³/mol. The molecule has 0 amide bonds. The summed E-state index contributed by atoms with van der Waals surface area (Å²) in [4.78, 5) is 4.79. The fourth-order valence-corrected chi connectivity index (χ4v) is 6.63. The molecule has 0 fully saturated rings. The van der Waals surface area contributed by atoms with Crippen molar-refractivity contribution in [3.63, 3.8) is 0 Å². The summed E-state index contributed by atoms with van der Waals surface area (Å²) >= 11 is 1.57. The lowest BCUT2D eigenvalue weighted by atomic mass is 9.85. The molecule has 6 aromatic rings. The van der Waals surface area contributed by atoms with Crippen molar-refractivity contribution in [1.29, 1.82) is 0 Å². The Hall–Kier alpha value is -3.38. The second-order valence-electron chi connectivity index (χ2n) is 10.8. The molecule has 0 unspecified atom stereocenters. The number of hydrogen-bond donors (Lipinski definition) is 0. The van der Waals surface area contributed by atoms with Crippen LogP contribution in [0.2, 0.25) is 0 Å². The van der Waals surface area contributed by atoms with Gasteiger partial charge in [-0.2, -0.15) is 13.2 Å². The number of fused-ring (bicyclic) bond motifs is 6. The summed E-state index contributed by atoms with van der Waals surface area (Å²) in [7, 11) is 0. The summed E-state index contributed by atoms with van der Waals surface area (Å²) in [6.07, 6.45) is -2.53. The molecular weight excluding hydrogens is 491 g/mol. The molecule has 2 nitrogen and oxygen atoms in total. The molecule has 0 atom stereocenters. The van der Waals surface area contributed by atoms with Crippen LogP contribution in [-0.2, 0) is 6.42 Å². The van der Waals surface area contributed by atoms with Gasteiger partial charge in [0, 0.05) is 38.0 Å². The van der Waals surface area contributed by atoms with Gasteiger partial charge in [0.15, 0.2) is 0 Å². The van der Waals surface area contributed by atoms with E-state index >= 15 is 0 Å². The van der Waals surface area contributed by atoms with E-state index in [-0.39, 0.29) is 6.42 Å². The van der Waals surface area contributed by atoms with Crippen molar-refractivity contribution in [3.05, 3.63) is 77.0 Å². The maximum Gasteiger partial charge on any atom is 0.394 e. The first-order valence-electron chi connectivity index (χ1n) is 12.2. The second-order valence-corrected chi connectivity index (χ2v) is 11.8. The van der Waals surface area contributed by atoms with Gasteiger partial charge in [0.1, 0.15) is 11.2 Å². The van der Waals surface area contributed by atoms with E-state index < -0.39 is 11.6 Å². The molecule has 0 aliphatic heterocycles. The zero-order valence-corrected chi connectivity index (χ0v) is 22.1. The minimum atomic E-state index is -4.26. The van der Waals surface area contributed by atoms with Gasteiger partial charge in [0.2, 0.25) is 0 Å². The van der Waals surface area contributed by atoms with Crippen molar-refractivity contribution < 1.29 is 17.6 Å². The Balaban J connectivity index is 1.57. The first kappa shape index (κ1) is 24.0. The zero-order chi connectivity index (χ0) is 26.3. The van der Waals surface area contributed by atoms with Crippen molar-refractivity contribution in [2.24, 2.45) is 5.41 Å². The smallest absolute Gasteiger partial charge is 0.394 e. The molecule has 6 heteroatoms. The number of halogens is 3. The Kier molecular flexibility index (Phi) is 5.22. The average Bonchev–Trinajstić information content (AvgIpc) is 3.35. The highest BCUT2D eigenvalue weighted by Gasteiger charge is 2.47. The lowest BCUT2D eigenvalue weighted by Gasteiger charge is -2.27. The number of hydrogen-bond acceptors (Lipinski definition) is 3. The van der Waals surface area contributed by atoms with Crippen LogP contribution in [0.25, 0.3) is 53.4 Å². The molecule has 37 heavy (non-hydrogen) atoms. The third-order valence-corrected chi connectivity index (χ3v) is 8.45. The zero-order valence-electron chi connectivity index (χ0n) is 21.3. The van der Waals surface area contributed by atoms with Gasteiger partial charge in [-0.25, -0.2) is 0 Å². The predicted octanol–water partition coefficient (Wildman–Crippen LogP) is 10.1. The van der Waals surface area contributed by atoms with E-state index in [2.05, 4.69) is 45.0 Å². The third kappa shape index (κ3) is 3.81. The van der Waals surface area contributed by atoms with Crippen molar-refractivity contribution in [3.8, 4) is 11.3 Å². The third-order valence-electron chi connectivity index (χ3n) is 7.28. The Morgan fingerprint density at radius 3 is 2.38 bits per heavy atom. The van der Waals surface area contributed by atoms with E-state index in [1.165, 1.54) is 19.4 Å². The quantitative estimate of drug-likeness (QED) is 0.233. The SMILES string of the molecule is Cc1cc(C)c2c(c1)oc1c(-c3nccc4c3sc3cc(CC(C)(C)C(F)(F)F)ccc34)cc(C)cc12. The molecule has 0 saturated heterocycles. The van der Waals surface area contributed by atoms with Gasteiger partial charge in [-0.05, 0) is 79.8 Å². The highest BCUT2D eigenvalue weighted by atomic mass is 32.1. The first-order valence-corrected chi connectivity index (χ1v) is 13.1. The average molecular weight is 518 g/mol. The maximum absolute atomic E-state index is 13.5. The van der Waals surface area contributed by atoms with E-state index in [0.29, 0.717) is 5.56 Å². The van der Waals surface area contributed by atoms with Gasteiger partial charge in [0.05, 0.1) is 15.8 Å². The van der Waals surface area contributed by atoms with Crippen molar-refractivity contribution in [2.75, 3.05) is 0 Å². The largest absolute Gasteiger partial charge is 0.455 e. The number of thiophene rings is 1. The van der Waals surface area contributed by atoms with Crippen LogP contribution < -0.4 is 0 Å². The van der Waals surface area contributed by atoms with E-state index in [1.807, 2.05) is 24.3 Å². The minimum absolute atomic E-state index is 0.0674. The van der Waals surface area contributed by atoms with Gasteiger partial charge in [-0.15, -0.1) is 11.3 Å². The van der Waals surface area contributed by atoms with Gasteiger partial charge in [-0.1, -0.05) is 32.0 Å². The Morgan fingerprint density at radius 2 is 1.62 bits per heavy atom. The molecule has 0 aliphatic rings. The molecule has 0 aliphatic carbocycles. The number of nitrogens with zero attached hydrogens (tertiary/aromatic N) is 1. The molecule has 0 spiro atoms. The molecule has 3 aromatic carbocycles. The van der Waals surface area contributed by atoms with Crippen molar-refractivity contribution in [1.82, 2.24) is 4.98 Å². The molecule has 0 N–H and O–H groups in total. The number of pyridine rings is 1. The molecule has 3 heterocycles. The topological polar surface area (TPSA) is 26.0 Å².